The highest BCUT2D eigenvalue weighted by Crippen LogP contribution is 2.39. The van der Waals surface area contributed by atoms with Gasteiger partial charge < -0.3 is 10.1 Å². The highest BCUT2D eigenvalue weighted by atomic mass is 35.5. The minimum Gasteiger partial charge on any atom is -0.409 e. The number of hydrogen-bond acceptors (Lipinski definition) is 5. The molecule has 7 nitrogen and oxygen atoms in total. The lowest BCUT2D eigenvalue weighted by molar-refractivity contribution is 0.270. The predicted molar refractivity (Wildman–Crippen MR) is 133 cm³/mol. The first-order valence-electron chi connectivity index (χ1n) is 11.3. The van der Waals surface area contributed by atoms with Gasteiger partial charge in [0.2, 0.25) is 0 Å². The quantitative estimate of drug-likeness (QED) is 0.176. The predicted octanol–water partition coefficient (Wildman–Crippen LogP) is 5.40. The van der Waals surface area contributed by atoms with Crippen LogP contribution in [0.15, 0.2) is 78.3 Å². The number of halogens is 1. The van der Waals surface area contributed by atoms with Gasteiger partial charge in [-0.2, -0.15) is 5.10 Å². The van der Waals surface area contributed by atoms with Gasteiger partial charge in [-0.15, -0.1) is 0 Å². The SMILES string of the molecule is ON=C(Cc1ccccc1)N1CCC(c2[nH]nc(-c3ccc(Cl)cc3)c2-c2ccncn2)CC1. The van der Waals surface area contributed by atoms with Crippen LogP contribution in [0.25, 0.3) is 22.5 Å². The monoisotopic (exact) mass is 472 g/mol. The Morgan fingerprint density at radius 3 is 2.50 bits per heavy atom. The first kappa shape index (κ1) is 22.1. The molecule has 3 heterocycles. The summed E-state index contributed by atoms with van der Waals surface area (Å²) in [5.41, 5.74) is 5.89. The third kappa shape index (κ3) is 4.65. The zero-order valence-corrected chi connectivity index (χ0v) is 19.4. The molecule has 0 atom stereocenters. The van der Waals surface area contributed by atoms with E-state index in [2.05, 4.69) is 42.4 Å². The van der Waals surface area contributed by atoms with Crippen molar-refractivity contribution in [1.82, 2.24) is 25.1 Å². The van der Waals surface area contributed by atoms with Crippen LogP contribution in [0.5, 0.6) is 0 Å². The van der Waals surface area contributed by atoms with Gasteiger partial charge in [0.15, 0.2) is 0 Å². The summed E-state index contributed by atoms with van der Waals surface area (Å²) in [5, 5.41) is 22.0. The number of hydrogen-bond donors (Lipinski definition) is 2. The maximum absolute atomic E-state index is 9.67. The van der Waals surface area contributed by atoms with Crippen molar-refractivity contribution in [2.75, 3.05) is 13.1 Å². The lowest BCUT2D eigenvalue weighted by Gasteiger charge is -2.33. The van der Waals surface area contributed by atoms with Crippen LogP contribution >= 0.6 is 11.6 Å². The molecule has 1 aliphatic heterocycles. The molecule has 4 aromatic rings. The van der Waals surface area contributed by atoms with Crippen molar-refractivity contribution >= 4 is 17.4 Å². The number of likely N-dealkylation sites (tertiary alicyclic amines) is 1. The molecule has 1 saturated heterocycles. The van der Waals surface area contributed by atoms with Crippen molar-refractivity contribution in [1.29, 1.82) is 0 Å². The average molecular weight is 473 g/mol. The fourth-order valence-electron chi connectivity index (χ4n) is 4.58. The summed E-state index contributed by atoms with van der Waals surface area (Å²) in [7, 11) is 0. The number of rotatable bonds is 5. The molecule has 8 heteroatoms. The number of H-pyrrole nitrogens is 1. The number of benzene rings is 2. The summed E-state index contributed by atoms with van der Waals surface area (Å²) in [5.74, 6) is 0.985. The van der Waals surface area contributed by atoms with Gasteiger partial charge in [0.25, 0.3) is 0 Å². The van der Waals surface area contributed by atoms with Crippen molar-refractivity contribution in [3.05, 3.63) is 89.5 Å². The maximum Gasteiger partial charge on any atom is 0.148 e. The standard InChI is InChI=1S/C26H25ClN6O/c27-21-8-6-19(7-9-21)25-24(22-10-13-28-17-29-22)26(31-30-25)20-11-14-33(15-12-20)23(32-34)16-18-4-2-1-3-5-18/h1-10,13,17,20,34H,11-12,14-16H2,(H,30,31). The van der Waals surface area contributed by atoms with Crippen molar-refractivity contribution in [3.63, 3.8) is 0 Å². The molecule has 0 amide bonds. The van der Waals surface area contributed by atoms with E-state index in [4.69, 9.17) is 11.6 Å². The number of nitrogens with zero attached hydrogens (tertiary/aromatic N) is 5. The Kier molecular flexibility index (Phi) is 6.53. The minimum absolute atomic E-state index is 0.284. The maximum atomic E-state index is 9.67. The molecular formula is C26H25ClN6O. The Labute approximate surface area is 203 Å². The van der Waals surface area contributed by atoms with Crippen LogP contribution in [0.3, 0.4) is 0 Å². The molecular weight excluding hydrogens is 448 g/mol. The van der Waals surface area contributed by atoms with Crippen molar-refractivity contribution in [2.24, 2.45) is 5.16 Å². The van der Waals surface area contributed by atoms with Gasteiger partial charge in [-0.05, 0) is 36.6 Å². The summed E-state index contributed by atoms with van der Waals surface area (Å²) in [4.78, 5) is 10.8. The molecule has 2 aromatic carbocycles. The Morgan fingerprint density at radius 1 is 1.06 bits per heavy atom. The second-order valence-electron chi connectivity index (χ2n) is 8.40. The van der Waals surface area contributed by atoms with Gasteiger partial charge in [0, 0.05) is 53.5 Å². The molecule has 0 spiro atoms. The van der Waals surface area contributed by atoms with E-state index in [-0.39, 0.29) is 5.92 Å². The molecule has 5 rings (SSSR count). The van der Waals surface area contributed by atoms with Crippen LogP contribution in [-0.2, 0) is 6.42 Å². The number of oxime groups is 1. The van der Waals surface area contributed by atoms with Crippen LogP contribution < -0.4 is 0 Å². The van der Waals surface area contributed by atoms with Crippen LogP contribution in [-0.4, -0.2) is 49.2 Å². The highest BCUT2D eigenvalue weighted by Gasteiger charge is 2.29. The molecule has 172 valence electrons. The first-order valence-corrected chi connectivity index (χ1v) is 11.7. The largest absolute Gasteiger partial charge is 0.409 e. The molecule has 0 aliphatic carbocycles. The van der Waals surface area contributed by atoms with E-state index in [0.717, 1.165) is 59.7 Å². The van der Waals surface area contributed by atoms with E-state index in [0.29, 0.717) is 17.3 Å². The second kappa shape index (κ2) is 10.1. The molecule has 1 fully saturated rings. The Morgan fingerprint density at radius 2 is 1.82 bits per heavy atom. The zero-order chi connectivity index (χ0) is 23.3. The van der Waals surface area contributed by atoms with Gasteiger partial charge >= 0.3 is 0 Å². The van der Waals surface area contributed by atoms with Gasteiger partial charge in [-0.3, -0.25) is 5.10 Å². The number of aromatic amines is 1. The topological polar surface area (TPSA) is 90.3 Å². The third-order valence-electron chi connectivity index (χ3n) is 6.34. The lowest BCUT2D eigenvalue weighted by atomic mass is 9.88. The Hall–Kier alpha value is -3.71. The van der Waals surface area contributed by atoms with Crippen molar-refractivity contribution < 1.29 is 5.21 Å². The molecule has 0 bridgehead atoms. The molecule has 2 aromatic heterocycles. The van der Waals surface area contributed by atoms with E-state index >= 15 is 0 Å². The lowest BCUT2D eigenvalue weighted by Crippen LogP contribution is -2.39. The second-order valence-corrected chi connectivity index (χ2v) is 8.84. The Balaban J connectivity index is 1.39. The molecule has 0 unspecified atom stereocenters. The number of aromatic nitrogens is 4. The zero-order valence-electron chi connectivity index (χ0n) is 18.6. The minimum atomic E-state index is 0.284. The molecule has 0 radical (unpaired) electrons. The number of amidine groups is 1. The highest BCUT2D eigenvalue weighted by molar-refractivity contribution is 6.30. The van der Waals surface area contributed by atoms with E-state index in [1.54, 1.807) is 12.5 Å². The molecule has 1 aliphatic rings. The van der Waals surface area contributed by atoms with E-state index in [9.17, 15) is 5.21 Å². The summed E-state index contributed by atoms with van der Waals surface area (Å²) in [6.07, 6.45) is 5.75. The molecule has 0 saturated carbocycles. The fourth-order valence-corrected chi connectivity index (χ4v) is 4.71. The van der Waals surface area contributed by atoms with E-state index in [1.165, 1.54) is 0 Å². The van der Waals surface area contributed by atoms with Crippen LogP contribution in [0.2, 0.25) is 5.02 Å². The van der Waals surface area contributed by atoms with Gasteiger partial charge in [-0.1, -0.05) is 59.2 Å². The van der Waals surface area contributed by atoms with Gasteiger partial charge in [0.1, 0.15) is 17.9 Å². The fraction of sp³-hybridized carbons (Fsp3) is 0.231. The third-order valence-corrected chi connectivity index (χ3v) is 6.59. The summed E-state index contributed by atoms with van der Waals surface area (Å²) in [6.45, 7) is 1.60. The molecule has 34 heavy (non-hydrogen) atoms. The average Bonchev–Trinajstić information content (AvgIpc) is 3.34. The van der Waals surface area contributed by atoms with Gasteiger partial charge in [-0.25, -0.2) is 9.97 Å². The molecule has 2 N–H and O–H groups in total. The van der Waals surface area contributed by atoms with Crippen molar-refractivity contribution in [2.45, 2.75) is 25.2 Å². The van der Waals surface area contributed by atoms with Crippen LogP contribution in [0.4, 0.5) is 0 Å². The number of piperidine rings is 1. The Bertz CT molecular complexity index is 1250. The van der Waals surface area contributed by atoms with Crippen LogP contribution in [0.1, 0.15) is 30.0 Å². The smallest absolute Gasteiger partial charge is 0.148 e. The number of nitrogens with one attached hydrogen (secondary N) is 1. The van der Waals surface area contributed by atoms with Gasteiger partial charge in [0.05, 0.1) is 5.69 Å². The first-order chi connectivity index (χ1) is 16.7. The van der Waals surface area contributed by atoms with E-state index in [1.807, 2.05) is 48.5 Å². The summed E-state index contributed by atoms with van der Waals surface area (Å²) < 4.78 is 0. The summed E-state index contributed by atoms with van der Waals surface area (Å²) in [6, 6.07) is 19.7. The normalized spacial score (nSPS) is 15.0. The summed E-state index contributed by atoms with van der Waals surface area (Å²) >= 11 is 6.10. The van der Waals surface area contributed by atoms with Crippen molar-refractivity contribution in [3.8, 4) is 22.5 Å². The van der Waals surface area contributed by atoms with E-state index < -0.39 is 0 Å². The van der Waals surface area contributed by atoms with Crippen LogP contribution in [0, 0.1) is 0 Å².